The number of alkyl halides is 6. The first-order valence-electron chi connectivity index (χ1n) is 8.09. The summed E-state index contributed by atoms with van der Waals surface area (Å²) < 4.78 is 72.2. The number of amides is 2. The molecule has 0 spiro atoms. The van der Waals surface area contributed by atoms with Crippen LogP contribution >= 0.6 is 0 Å². The second-order valence-corrected chi connectivity index (χ2v) is 5.85. The number of aromatic nitrogens is 2. The van der Waals surface area contributed by atoms with Crippen molar-refractivity contribution in [3.8, 4) is 5.75 Å². The van der Waals surface area contributed by atoms with E-state index in [2.05, 4.69) is 20.8 Å². The van der Waals surface area contributed by atoms with Gasteiger partial charge in [0, 0.05) is 11.8 Å². The third kappa shape index (κ3) is 5.96. The van der Waals surface area contributed by atoms with Crippen LogP contribution < -0.4 is 21.1 Å². The quantitative estimate of drug-likeness (QED) is 0.396. The Labute approximate surface area is 173 Å². The standard InChI is InChI=1S/C12H11N5O3.C4F6O2/c13-11-7(4-14-17-11)12(19)15-6-1-2-8-9(3-6)20-5-10(18)16-8;5-3(6,7)1(11)2(12)4(8,9)10/h1-4H,5H2,(H,15,19)(H,16,18)(H3,13,14,17);. The molecule has 0 saturated carbocycles. The van der Waals surface area contributed by atoms with Crippen molar-refractivity contribution in [1.82, 2.24) is 10.2 Å². The molecule has 0 bridgehead atoms. The molecule has 32 heavy (non-hydrogen) atoms. The molecular formula is C16H11F6N5O5. The summed E-state index contributed by atoms with van der Waals surface area (Å²) >= 11 is 0. The summed E-state index contributed by atoms with van der Waals surface area (Å²) in [5, 5.41) is 11.5. The Morgan fingerprint density at radius 3 is 2.16 bits per heavy atom. The van der Waals surface area contributed by atoms with Gasteiger partial charge in [-0.25, -0.2) is 0 Å². The number of aromatic amines is 1. The van der Waals surface area contributed by atoms with Crippen LogP contribution in [-0.4, -0.2) is 52.5 Å². The number of hydrogen-bond donors (Lipinski definition) is 4. The number of carbonyl (C=O) groups excluding carboxylic acids is 4. The molecule has 0 saturated heterocycles. The average molecular weight is 467 g/mol. The van der Waals surface area contributed by atoms with Crippen molar-refractivity contribution in [3.63, 3.8) is 0 Å². The number of nitrogens with two attached hydrogens (primary N) is 1. The molecule has 2 heterocycles. The van der Waals surface area contributed by atoms with Gasteiger partial charge >= 0.3 is 23.9 Å². The third-order valence-corrected chi connectivity index (χ3v) is 3.51. The molecule has 0 radical (unpaired) electrons. The number of anilines is 3. The second kappa shape index (κ2) is 8.94. The zero-order valence-electron chi connectivity index (χ0n) is 15.4. The number of nitrogens with one attached hydrogen (secondary N) is 3. The Kier molecular flexibility index (Phi) is 6.75. The Morgan fingerprint density at radius 1 is 1.06 bits per heavy atom. The van der Waals surface area contributed by atoms with Gasteiger partial charge in [0.15, 0.2) is 6.61 Å². The number of carbonyl (C=O) groups is 4. The SMILES string of the molecule is Nc1[nH]ncc1C(=O)Nc1ccc2c(c1)OCC(=O)N2.O=C(C(=O)C(F)(F)F)C(F)(F)F. The number of benzene rings is 1. The Hall–Kier alpha value is -4.11. The normalized spacial score (nSPS) is 13.0. The van der Waals surface area contributed by atoms with Gasteiger partial charge in [-0.1, -0.05) is 0 Å². The fourth-order valence-electron chi connectivity index (χ4n) is 2.09. The Morgan fingerprint density at radius 2 is 1.66 bits per heavy atom. The fraction of sp³-hybridized carbons (Fsp3) is 0.188. The third-order valence-electron chi connectivity index (χ3n) is 3.51. The van der Waals surface area contributed by atoms with Gasteiger partial charge in [-0.2, -0.15) is 31.4 Å². The van der Waals surface area contributed by atoms with Gasteiger partial charge in [0.1, 0.15) is 17.1 Å². The maximum absolute atomic E-state index is 12.0. The van der Waals surface area contributed by atoms with E-state index in [1.54, 1.807) is 18.2 Å². The van der Waals surface area contributed by atoms with Gasteiger partial charge in [0.05, 0.1) is 11.9 Å². The Balaban J connectivity index is 0.000000262. The number of ether oxygens (including phenoxy) is 1. The first kappa shape index (κ1) is 24.2. The summed E-state index contributed by atoms with van der Waals surface area (Å²) in [6.07, 6.45) is -10.2. The molecule has 5 N–H and O–H groups in total. The maximum Gasteiger partial charge on any atom is 0.458 e. The lowest BCUT2D eigenvalue weighted by Gasteiger charge is -2.18. The highest BCUT2D eigenvalue weighted by atomic mass is 19.4. The van der Waals surface area contributed by atoms with Gasteiger partial charge in [-0.05, 0) is 12.1 Å². The predicted molar refractivity (Wildman–Crippen MR) is 93.6 cm³/mol. The van der Waals surface area contributed by atoms with Crippen LogP contribution in [0.5, 0.6) is 5.75 Å². The minimum absolute atomic E-state index is 0.0426. The van der Waals surface area contributed by atoms with E-state index in [1.807, 2.05) is 0 Å². The maximum atomic E-state index is 12.0. The lowest BCUT2D eigenvalue weighted by Crippen LogP contribution is -2.39. The smallest absolute Gasteiger partial charge is 0.458 e. The van der Waals surface area contributed by atoms with Crippen molar-refractivity contribution in [1.29, 1.82) is 0 Å². The van der Waals surface area contributed by atoms with Gasteiger partial charge in [-0.3, -0.25) is 24.3 Å². The molecule has 2 aromatic rings. The van der Waals surface area contributed by atoms with Gasteiger partial charge in [0.2, 0.25) is 0 Å². The number of halogens is 6. The van der Waals surface area contributed by atoms with E-state index in [0.29, 0.717) is 17.1 Å². The van der Waals surface area contributed by atoms with Crippen LogP contribution in [0.15, 0.2) is 24.4 Å². The molecule has 1 aromatic carbocycles. The lowest BCUT2D eigenvalue weighted by molar-refractivity contribution is -0.193. The van der Waals surface area contributed by atoms with E-state index >= 15 is 0 Å². The highest BCUT2D eigenvalue weighted by Crippen LogP contribution is 2.30. The fourth-order valence-corrected chi connectivity index (χ4v) is 2.09. The van der Waals surface area contributed by atoms with E-state index in [1.165, 1.54) is 6.20 Å². The molecule has 1 aliphatic rings. The van der Waals surface area contributed by atoms with E-state index in [4.69, 9.17) is 10.5 Å². The number of fused-ring (bicyclic) bond motifs is 1. The predicted octanol–water partition coefficient (Wildman–Crippen LogP) is 1.82. The van der Waals surface area contributed by atoms with Gasteiger partial charge < -0.3 is 21.1 Å². The first-order chi connectivity index (χ1) is 14.7. The zero-order chi connectivity index (χ0) is 24.3. The molecule has 0 fully saturated rings. The highest BCUT2D eigenvalue weighted by molar-refractivity contribution is 6.41. The molecule has 3 rings (SSSR count). The molecule has 16 heteroatoms. The van der Waals surface area contributed by atoms with Crippen LogP contribution in [0.25, 0.3) is 0 Å². The molecule has 0 aliphatic carbocycles. The first-order valence-corrected chi connectivity index (χ1v) is 8.09. The number of rotatable bonds is 3. The Bertz CT molecular complexity index is 1040. The summed E-state index contributed by atoms with van der Waals surface area (Å²) in [4.78, 5) is 42.3. The molecule has 1 aromatic heterocycles. The number of Topliss-reactive ketones (excluding diaryl/α,β-unsaturated/α-hetero) is 2. The summed E-state index contributed by atoms with van der Waals surface area (Å²) in [6, 6.07) is 4.94. The van der Waals surface area contributed by atoms with Crippen molar-refractivity contribution in [2.75, 3.05) is 23.0 Å². The minimum atomic E-state index is -5.77. The topological polar surface area (TPSA) is 156 Å². The van der Waals surface area contributed by atoms with Crippen molar-refractivity contribution < 1.29 is 50.3 Å². The van der Waals surface area contributed by atoms with Crippen molar-refractivity contribution in [2.24, 2.45) is 0 Å². The van der Waals surface area contributed by atoms with Crippen molar-refractivity contribution in [3.05, 3.63) is 30.0 Å². The number of nitrogens with zero attached hydrogens (tertiary/aromatic N) is 1. The summed E-state index contributed by atoms with van der Waals surface area (Å²) in [5.74, 6) is -6.70. The number of nitrogen functional groups attached to an aromatic ring is 1. The van der Waals surface area contributed by atoms with E-state index in [0.717, 1.165) is 0 Å². The number of H-pyrrole nitrogens is 1. The monoisotopic (exact) mass is 467 g/mol. The zero-order valence-corrected chi connectivity index (χ0v) is 15.4. The number of ketones is 2. The second-order valence-electron chi connectivity index (χ2n) is 5.85. The highest BCUT2D eigenvalue weighted by Gasteiger charge is 2.54. The van der Waals surface area contributed by atoms with E-state index < -0.39 is 23.9 Å². The molecule has 0 unspecified atom stereocenters. The summed E-state index contributed by atoms with van der Waals surface area (Å²) in [6.45, 7) is -0.0426. The van der Waals surface area contributed by atoms with Crippen LogP contribution in [0, 0.1) is 0 Å². The molecule has 1 aliphatic heterocycles. The van der Waals surface area contributed by atoms with Crippen molar-refractivity contribution in [2.45, 2.75) is 12.4 Å². The van der Waals surface area contributed by atoms with E-state index in [-0.39, 0.29) is 29.8 Å². The lowest BCUT2D eigenvalue weighted by atomic mass is 10.2. The van der Waals surface area contributed by atoms with Crippen LogP contribution in [0.3, 0.4) is 0 Å². The summed E-state index contributed by atoms with van der Waals surface area (Å²) in [5.41, 5.74) is 6.94. The van der Waals surface area contributed by atoms with E-state index in [9.17, 15) is 45.5 Å². The van der Waals surface area contributed by atoms with Crippen LogP contribution in [0.2, 0.25) is 0 Å². The van der Waals surface area contributed by atoms with Crippen LogP contribution in [0.4, 0.5) is 43.5 Å². The average Bonchev–Trinajstić information content (AvgIpc) is 3.12. The van der Waals surface area contributed by atoms with Gasteiger partial charge in [-0.15, -0.1) is 0 Å². The largest absolute Gasteiger partial charge is 0.482 e. The van der Waals surface area contributed by atoms with Crippen molar-refractivity contribution >= 4 is 40.6 Å². The molecule has 10 nitrogen and oxygen atoms in total. The molecular weight excluding hydrogens is 456 g/mol. The number of hydrogen-bond acceptors (Lipinski definition) is 7. The molecule has 0 atom stereocenters. The summed E-state index contributed by atoms with van der Waals surface area (Å²) in [7, 11) is 0. The van der Waals surface area contributed by atoms with Gasteiger partial charge in [0.25, 0.3) is 11.8 Å². The molecule has 2 amide bonds. The molecule has 172 valence electrons. The van der Waals surface area contributed by atoms with Crippen LogP contribution in [-0.2, 0) is 14.4 Å². The van der Waals surface area contributed by atoms with Crippen LogP contribution in [0.1, 0.15) is 10.4 Å². The minimum Gasteiger partial charge on any atom is -0.482 e.